The van der Waals surface area contributed by atoms with Gasteiger partial charge in [-0.3, -0.25) is 4.79 Å². The van der Waals surface area contributed by atoms with Crippen molar-refractivity contribution in [3.8, 4) is 0 Å². The van der Waals surface area contributed by atoms with Crippen LogP contribution >= 0.6 is 27.3 Å². The van der Waals surface area contributed by atoms with Gasteiger partial charge in [0.25, 0.3) is 15.9 Å². The first-order valence-electron chi connectivity index (χ1n) is 7.19. The predicted octanol–water partition coefficient (Wildman–Crippen LogP) is 2.80. The lowest BCUT2D eigenvalue weighted by atomic mass is 10.1. The van der Waals surface area contributed by atoms with Gasteiger partial charge in [0.05, 0.1) is 9.35 Å². The number of carbonyl (C=O) groups is 1. The van der Waals surface area contributed by atoms with Crippen LogP contribution in [0.4, 0.5) is 4.39 Å². The third-order valence-corrected chi connectivity index (χ3v) is 7.76. The largest absolute Gasteiger partial charge is 0.336 e. The molecule has 1 aliphatic heterocycles. The summed E-state index contributed by atoms with van der Waals surface area (Å²) >= 11 is 4.41. The highest BCUT2D eigenvalue weighted by atomic mass is 79.9. The van der Waals surface area contributed by atoms with Crippen molar-refractivity contribution >= 4 is 43.2 Å². The average Bonchev–Trinajstić information content (AvgIpc) is 3.02. The molecule has 0 saturated carbocycles. The van der Waals surface area contributed by atoms with Crippen LogP contribution < -0.4 is 0 Å². The zero-order valence-corrected chi connectivity index (χ0v) is 15.7. The third-order valence-electron chi connectivity index (χ3n) is 3.77. The van der Waals surface area contributed by atoms with Crippen molar-refractivity contribution in [2.75, 3.05) is 26.2 Å². The molecule has 0 aliphatic carbocycles. The van der Waals surface area contributed by atoms with E-state index in [4.69, 9.17) is 0 Å². The van der Waals surface area contributed by atoms with Crippen LogP contribution in [0.3, 0.4) is 0 Å². The fraction of sp³-hybridized carbons (Fsp3) is 0.267. The van der Waals surface area contributed by atoms with Gasteiger partial charge in [0, 0.05) is 26.2 Å². The molecule has 2 heterocycles. The zero-order chi connectivity index (χ0) is 17.3. The van der Waals surface area contributed by atoms with Crippen LogP contribution in [0.25, 0.3) is 0 Å². The van der Waals surface area contributed by atoms with Crippen molar-refractivity contribution < 1.29 is 17.6 Å². The highest BCUT2D eigenvalue weighted by Gasteiger charge is 2.31. The van der Waals surface area contributed by atoms with E-state index in [1.807, 2.05) is 0 Å². The van der Waals surface area contributed by atoms with Crippen LogP contribution in [0, 0.1) is 5.82 Å². The molecule has 3 rings (SSSR count). The van der Waals surface area contributed by atoms with E-state index in [9.17, 15) is 17.6 Å². The minimum atomic E-state index is -3.55. The van der Waals surface area contributed by atoms with Crippen molar-refractivity contribution in [2.45, 2.75) is 4.21 Å². The van der Waals surface area contributed by atoms with Crippen LogP contribution in [-0.2, 0) is 10.0 Å². The van der Waals surface area contributed by atoms with Crippen LogP contribution in [0.5, 0.6) is 0 Å². The maximum atomic E-state index is 13.7. The van der Waals surface area contributed by atoms with E-state index in [0.717, 1.165) is 15.1 Å². The first-order valence-corrected chi connectivity index (χ1v) is 10.2. The molecule has 9 heteroatoms. The van der Waals surface area contributed by atoms with E-state index in [1.54, 1.807) is 18.2 Å². The van der Waals surface area contributed by atoms with Gasteiger partial charge in [-0.1, -0.05) is 12.1 Å². The lowest BCUT2D eigenvalue weighted by Crippen LogP contribution is -2.50. The Morgan fingerprint density at radius 3 is 2.33 bits per heavy atom. The Morgan fingerprint density at radius 2 is 1.75 bits per heavy atom. The summed E-state index contributed by atoms with van der Waals surface area (Å²) in [5.41, 5.74) is 0.0102. The Balaban J connectivity index is 1.70. The van der Waals surface area contributed by atoms with Crippen molar-refractivity contribution in [1.29, 1.82) is 0 Å². The molecule has 1 saturated heterocycles. The molecule has 0 radical (unpaired) electrons. The van der Waals surface area contributed by atoms with Gasteiger partial charge in [0.2, 0.25) is 0 Å². The maximum Gasteiger partial charge on any atom is 0.256 e. The minimum absolute atomic E-state index is 0.0102. The number of halogens is 2. The smallest absolute Gasteiger partial charge is 0.256 e. The molecule has 1 amide bonds. The average molecular weight is 433 g/mol. The predicted molar refractivity (Wildman–Crippen MR) is 93.1 cm³/mol. The molecule has 128 valence electrons. The number of rotatable bonds is 3. The molecule has 24 heavy (non-hydrogen) atoms. The number of amides is 1. The quantitative estimate of drug-likeness (QED) is 0.748. The molecule has 0 N–H and O–H groups in total. The van der Waals surface area contributed by atoms with Crippen molar-refractivity contribution in [3.05, 3.63) is 51.6 Å². The Kier molecular flexibility index (Phi) is 5.05. The van der Waals surface area contributed by atoms with Gasteiger partial charge < -0.3 is 4.90 Å². The van der Waals surface area contributed by atoms with Gasteiger partial charge in [-0.2, -0.15) is 4.31 Å². The summed E-state index contributed by atoms with van der Waals surface area (Å²) in [6, 6.07) is 9.05. The number of hydrogen-bond donors (Lipinski definition) is 0. The van der Waals surface area contributed by atoms with Crippen LogP contribution in [-0.4, -0.2) is 49.7 Å². The van der Waals surface area contributed by atoms with Crippen molar-refractivity contribution in [3.63, 3.8) is 0 Å². The summed E-state index contributed by atoms with van der Waals surface area (Å²) in [6.45, 7) is 0.855. The molecular weight excluding hydrogens is 419 g/mol. The second-order valence-electron chi connectivity index (χ2n) is 5.23. The second-order valence-corrected chi connectivity index (χ2v) is 9.86. The summed E-state index contributed by atoms with van der Waals surface area (Å²) in [5.74, 6) is -0.981. The second kappa shape index (κ2) is 6.91. The number of carbonyl (C=O) groups excluding carboxylic acids is 1. The van der Waals surface area contributed by atoms with E-state index in [2.05, 4.69) is 15.9 Å². The summed E-state index contributed by atoms with van der Waals surface area (Å²) in [7, 11) is -3.55. The fourth-order valence-electron chi connectivity index (χ4n) is 2.50. The Labute approximate surface area is 151 Å². The number of hydrogen-bond acceptors (Lipinski definition) is 4. The summed E-state index contributed by atoms with van der Waals surface area (Å²) in [5, 5.41) is 0. The number of benzene rings is 1. The number of piperazine rings is 1. The molecule has 2 aromatic rings. The first-order chi connectivity index (χ1) is 11.4. The highest BCUT2D eigenvalue weighted by molar-refractivity contribution is 9.11. The van der Waals surface area contributed by atoms with E-state index in [0.29, 0.717) is 0 Å². The van der Waals surface area contributed by atoms with Gasteiger partial charge in [0.15, 0.2) is 0 Å². The molecule has 1 aliphatic rings. The van der Waals surface area contributed by atoms with Crippen molar-refractivity contribution in [2.24, 2.45) is 0 Å². The molecule has 0 bridgehead atoms. The highest BCUT2D eigenvalue weighted by Crippen LogP contribution is 2.29. The topological polar surface area (TPSA) is 57.7 Å². The lowest BCUT2D eigenvalue weighted by Gasteiger charge is -2.33. The SMILES string of the molecule is O=C(c1ccccc1F)N1CCN(S(=O)(=O)c2ccc(Br)s2)CC1. The van der Waals surface area contributed by atoms with Gasteiger partial charge in [-0.15, -0.1) is 11.3 Å². The lowest BCUT2D eigenvalue weighted by molar-refractivity contribution is 0.0693. The Hall–Kier alpha value is -1.29. The molecule has 0 unspecified atom stereocenters. The van der Waals surface area contributed by atoms with Crippen LogP contribution in [0.2, 0.25) is 0 Å². The molecule has 0 spiro atoms. The summed E-state index contributed by atoms with van der Waals surface area (Å²) in [4.78, 5) is 13.8. The molecular formula is C15H14BrFN2O3S2. The molecule has 1 aromatic carbocycles. The number of nitrogens with zero attached hydrogens (tertiary/aromatic N) is 2. The van der Waals surface area contributed by atoms with E-state index >= 15 is 0 Å². The van der Waals surface area contributed by atoms with Gasteiger partial charge in [-0.05, 0) is 40.2 Å². The molecule has 1 fully saturated rings. The van der Waals surface area contributed by atoms with Gasteiger partial charge in [0.1, 0.15) is 10.0 Å². The van der Waals surface area contributed by atoms with Gasteiger partial charge >= 0.3 is 0 Å². The summed E-state index contributed by atoms with van der Waals surface area (Å²) in [6.07, 6.45) is 0. The van der Waals surface area contributed by atoms with E-state index in [-0.39, 0.29) is 36.0 Å². The van der Waals surface area contributed by atoms with E-state index < -0.39 is 21.7 Å². The molecule has 5 nitrogen and oxygen atoms in total. The minimum Gasteiger partial charge on any atom is -0.336 e. The van der Waals surface area contributed by atoms with Crippen LogP contribution in [0.15, 0.2) is 44.4 Å². The molecule has 0 atom stereocenters. The Morgan fingerprint density at radius 1 is 1.08 bits per heavy atom. The first kappa shape index (κ1) is 17.5. The summed E-state index contributed by atoms with van der Waals surface area (Å²) < 4.78 is 41.2. The zero-order valence-electron chi connectivity index (χ0n) is 12.5. The molecule has 1 aromatic heterocycles. The number of sulfonamides is 1. The normalized spacial score (nSPS) is 16.3. The Bertz CT molecular complexity index is 861. The standard InChI is InChI=1S/C15H14BrFN2O3S2/c16-13-5-6-14(23-13)24(21,22)19-9-7-18(8-10-19)15(20)11-3-1-2-4-12(11)17/h1-6H,7-10H2. The number of thiophene rings is 1. The van der Waals surface area contributed by atoms with Crippen molar-refractivity contribution in [1.82, 2.24) is 9.21 Å². The van der Waals surface area contributed by atoms with E-state index in [1.165, 1.54) is 27.4 Å². The maximum absolute atomic E-state index is 13.7. The third kappa shape index (κ3) is 3.39. The monoisotopic (exact) mass is 432 g/mol. The van der Waals surface area contributed by atoms with Crippen LogP contribution in [0.1, 0.15) is 10.4 Å². The fourth-order valence-corrected chi connectivity index (χ4v) is 6.09. The van der Waals surface area contributed by atoms with Gasteiger partial charge in [-0.25, -0.2) is 12.8 Å².